The number of benzene rings is 2. The van der Waals surface area contributed by atoms with E-state index in [1.165, 1.54) is 23.1 Å². The highest BCUT2D eigenvalue weighted by atomic mass is 35.5. The first kappa shape index (κ1) is 23.5. The number of amides is 1. The molecule has 0 saturated heterocycles. The van der Waals surface area contributed by atoms with Gasteiger partial charge < -0.3 is 5.32 Å². The van der Waals surface area contributed by atoms with E-state index in [-0.39, 0.29) is 23.8 Å². The number of hydrogen-bond acceptors (Lipinski definition) is 6. The van der Waals surface area contributed by atoms with E-state index >= 15 is 0 Å². The van der Waals surface area contributed by atoms with Gasteiger partial charge >= 0.3 is 0 Å². The zero-order valence-corrected chi connectivity index (χ0v) is 20.6. The van der Waals surface area contributed by atoms with Gasteiger partial charge in [0, 0.05) is 28.4 Å². The minimum atomic E-state index is -0.101. The summed E-state index contributed by atoms with van der Waals surface area (Å²) >= 11 is 9.03. The molecule has 0 unspecified atom stereocenters. The van der Waals surface area contributed by atoms with Gasteiger partial charge in [-0.25, -0.2) is 9.97 Å². The molecule has 6 nitrogen and oxygen atoms in total. The molecule has 0 aliphatic rings. The fourth-order valence-electron chi connectivity index (χ4n) is 3.31. The van der Waals surface area contributed by atoms with Crippen LogP contribution in [0.25, 0.3) is 10.9 Å². The van der Waals surface area contributed by atoms with Crippen molar-refractivity contribution >= 4 is 57.2 Å². The van der Waals surface area contributed by atoms with Gasteiger partial charge in [0.15, 0.2) is 5.16 Å². The highest BCUT2D eigenvalue weighted by molar-refractivity contribution is 7.98. The topological polar surface area (TPSA) is 76.9 Å². The Morgan fingerprint density at radius 2 is 1.97 bits per heavy atom. The second-order valence-electron chi connectivity index (χ2n) is 7.98. The van der Waals surface area contributed by atoms with Crippen molar-refractivity contribution in [3.05, 3.63) is 80.0 Å². The predicted octanol–water partition coefficient (Wildman–Crippen LogP) is 5.64. The predicted molar refractivity (Wildman–Crippen MR) is 136 cm³/mol. The molecule has 0 aliphatic heterocycles. The zero-order chi connectivity index (χ0) is 23.4. The average molecular weight is 499 g/mol. The molecule has 33 heavy (non-hydrogen) atoms. The number of nitrogens with zero attached hydrogens (tertiary/aromatic N) is 3. The molecular weight excluding hydrogens is 476 g/mol. The van der Waals surface area contributed by atoms with Gasteiger partial charge in [0.25, 0.3) is 5.56 Å². The largest absolute Gasteiger partial charge is 0.326 e. The first-order valence-corrected chi connectivity index (χ1v) is 12.7. The Morgan fingerprint density at radius 3 is 2.73 bits per heavy atom. The number of rotatable bonds is 8. The van der Waals surface area contributed by atoms with Crippen molar-refractivity contribution in [2.24, 2.45) is 5.92 Å². The third-order valence-corrected chi connectivity index (χ3v) is 6.89. The summed E-state index contributed by atoms with van der Waals surface area (Å²) in [5.41, 5.74) is 2.16. The van der Waals surface area contributed by atoms with Crippen LogP contribution in [0.1, 0.15) is 24.5 Å². The van der Waals surface area contributed by atoms with Gasteiger partial charge in [-0.3, -0.25) is 14.2 Å². The molecule has 9 heteroatoms. The maximum Gasteiger partial charge on any atom is 0.262 e. The molecule has 0 atom stereocenters. The molecule has 1 N–H and O–H groups in total. The SMILES string of the molecule is CC(C)Cn1c(SCc2csc(CC(=O)Nc3ccccc3)n2)nc2ccc(Cl)cc2c1=O. The lowest BCUT2D eigenvalue weighted by atomic mass is 10.2. The number of carbonyl (C=O) groups is 1. The average Bonchev–Trinajstić information content (AvgIpc) is 3.22. The third-order valence-electron chi connectivity index (χ3n) is 4.75. The van der Waals surface area contributed by atoms with Crippen LogP contribution in [0.5, 0.6) is 0 Å². The van der Waals surface area contributed by atoms with Gasteiger partial charge in [0.2, 0.25) is 5.91 Å². The Balaban J connectivity index is 1.48. The molecule has 0 spiro atoms. The van der Waals surface area contributed by atoms with Crippen molar-refractivity contribution in [1.82, 2.24) is 14.5 Å². The summed E-state index contributed by atoms with van der Waals surface area (Å²) in [4.78, 5) is 34.7. The number of para-hydroxylation sites is 1. The molecule has 0 radical (unpaired) electrons. The van der Waals surface area contributed by atoms with Gasteiger partial charge in [-0.15, -0.1) is 11.3 Å². The van der Waals surface area contributed by atoms with E-state index in [0.29, 0.717) is 33.4 Å². The van der Waals surface area contributed by atoms with Crippen LogP contribution in [-0.4, -0.2) is 20.4 Å². The van der Waals surface area contributed by atoms with Crippen LogP contribution in [0, 0.1) is 5.92 Å². The van der Waals surface area contributed by atoms with Crippen LogP contribution >= 0.6 is 34.7 Å². The molecule has 170 valence electrons. The first-order chi connectivity index (χ1) is 15.9. The smallest absolute Gasteiger partial charge is 0.262 e. The minimum absolute atomic E-state index is 0.0877. The van der Waals surface area contributed by atoms with Gasteiger partial charge in [0.05, 0.1) is 23.0 Å². The van der Waals surface area contributed by atoms with E-state index in [2.05, 4.69) is 24.1 Å². The van der Waals surface area contributed by atoms with Crippen molar-refractivity contribution in [2.45, 2.75) is 37.7 Å². The number of aromatic nitrogens is 3. The van der Waals surface area contributed by atoms with Crippen LogP contribution in [-0.2, 0) is 23.5 Å². The molecule has 4 rings (SSSR count). The monoisotopic (exact) mass is 498 g/mol. The first-order valence-electron chi connectivity index (χ1n) is 10.5. The summed E-state index contributed by atoms with van der Waals surface area (Å²) in [5.74, 6) is 0.741. The fraction of sp³-hybridized carbons (Fsp3) is 0.250. The molecule has 0 aliphatic carbocycles. The van der Waals surface area contributed by atoms with Gasteiger partial charge in [-0.2, -0.15) is 0 Å². The van der Waals surface area contributed by atoms with E-state index in [0.717, 1.165) is 16.4 Å². The highest BCUT2D eigenvalue weighted by Gasteiger charge is 2.15. The van der Waals surface area contributed by atoms with E-state index in [9.17, 15) is 9.59 Å². The number of nitrogens with one attached hydrogen (secondary N) is 1. The number of fused-ring (bicyclic) bond motifs is 1. The summed E-state index contributed by atoms with van der Waals surface area (Å²) in [7, 11) is 0. The van der Waals surface area contributed by atoms with Crippen molar-refractivity contribution in [2.75, 3.05) is 5.32 Å². The quantitative estimate of drug-likeness (QED) is 0.251. The Hall–Kier alpha value is -2.68. The minimum Gasteiger partial charge on any atom is -0.326 e. The zero-order valence-electron chi connectivity index (χ0n) is 18.2. The summed E-state index contributed by atoms with van der Waals surface area (Å²) in [6, 6.07) is 14.5. The lowest BCUT2D eigenvalue weighted by Gasteiger charge is -2.14. The molecular formula is C24H23ClN4O2S2. The van der Waals surface area contributed by atoms with Crippen molar-refractivity contribution in [3.8, 4) is 0 Å². The number of thioether (sulfide) groups is 1. The molecule has 2 heterocycles. The number of halogens is 1. The van der Waals surface area contributed by atoms with Crippen LogP contribution in [0.4, 0.5) is 5.69 Å². The molecule has 2 aromatic carbocycles. The van der Waals surface area contributed by atoms with Crippen molar-refractivity contribution < 1.29 is 4.79 Å². The number of carbonyl (C=O) groups excluding carboxylic acids is 1. The standard InChI is InChI=1S/C24H23ClN4O2S2/c1-15(2)12-29-23(31)19-10-16(25)8-9-20(19)28-24(29)33-14-18-13-32-22(27-18)11-21(30)26-17-6-4-3-5-7-17/h3-10,13,15H,11-12,14H2,1-2H3,(H,26,30). The summed E-state index contributed by atoms with van der Waals surface area (Å²) < 4.78 is 1.72. The molecule has 1 amide bonds. The lowest BCUT2D eigenvalue weighted by Crippen LogP contribution is -2.25. The summed E-state index contributed by atoms with van der Waals surface area (Å²) in [6.45, 7) is 4.70. The van der Waals surface area contributed by atoms with Gasteiger partial charge in [-0.1, -0.05) is 55.4 Å². The van der Waals surface area contributed by atoms with Crippen LogP contribution < -0.4 is 10.9 Å². The maximum atomic E-state index is 13.1. The van der Waals surface area contributed by atoms with Gasteiger partial charge in [-0.05, 0) is 36.2 Å². The molecule has 2 aromatic heterocycles. The normalized spacial score (nSPS) is 11.3. The molecule has 0 fully saturated rings. The Kier molecular flexibility index (Phi) is 7.47. The Morgan fingerprint density at radius 1 is 1.18 bits per heavy atom. The van der Waals surface area contributed by atoms with E-state index in [1.54, 1.807) is 22.8 Å². The van der Waals surface area contributed by atoms with Crippen molar-refractivity contribution in [1.29, 1.82) is 0 Å². The number of anilines is 1. The third kappa shape index (κ3) is 6.01. The molecule has 0 bridgehead atoms. The second kappa shape index (κ2) is 10.5. The molecule has 4 aromatic rings. The van der Waals surface area contributed by atoms with E-state index < -0.39 is 0 Å². The summed E-state index contributed by atoms with van der Waals surface area (Å²) in [6.07, 6.45) is 0.220. The fourth-order valence-corrected chi connectivity index (χ4v) is 5.28. The van der Waals surface area contributed by atoms with Crippen molar-refractivity contribution in [3.63, 3.8) is 0 Å². The Bertz CT molecular complexity index is 1340. The van der Waals surface area contributed by atoms with Crippen LogP contribution in [0.15, 0.2) is 63.9 Å². The maximum absolute atomic E-state index is 13.1. The molecule has 0 saturated carbocycles. The summed E-state index contributed by atoms with van der Waals surface area (Å²) in [5, 5.41) is 7.26. The Labute approximate surface area is 205 Å². The highest BCUT2D eigenvalue weighted by Crippen LogP contribution is 2.25. The van der Waals surface area contributed by atoms with Crippen LogP contribution in [0.3, 0.4) is 0 Å². The van der Waals surface area contributed by atoms with Gasteiger partial charge in [0.1, 0.15) is 5.01 Å². The van der Waals surface area contributed by atoms with E-state index in [4.69, 9.17) is 16.6 Å². The lowest BCUT2D eigenvalue weighted by molar-refractivity contribution is -0.115. The number of hydrogen-bond donors (Lipinski definition) is 1. The number of thiazole rings is 1. The second-order valence-corrected chi connectivity index (χ2v) is 10.3. The van der Waals surface area contributed by atoms with Crippen LogP contribution in [0.2, 0.25) is 5.02 Å². The van der Waals surface area contributed by atoms with E-state index in [1.807, 2.05) is 35.7 Å².